The maximum Gasteiger partial charge on any atom is 0.416 e. The first kappa shape index (κ1) is 19.3. The Hall–Kier alpha value is -2.49. The second-order valence-electron chi connectivity index (χ2n) is 6.01. The van der Waals surface area contributed by atoms with Crippen LogP contribution in [0.2, 0.25) is 0 Å². The highest BCUT2D eigenvalue weighted by molar-refractivity contribution is 7.99. The van der Waals surface area contributed by atoms with Crippen molar-refractivity contribution in [1.29, 1.82) is 0 Å². The van der Waals surface area contributed by atoms with Crippen LogP contribution in [0, 0.1) is 0 Å². The molecule has 1 amide bonds. The molecule has 2 aromatic rings. The van der Waals surface area contributed by atoms with Crippen molar-refractivity contribution in [1.82, 2.24) is 10.2 Å². The van der Waals surface area contributed by atoms with E-state index in [9.17, 15) is 18.0 Å². The fourth-order valence-corrected chi connectivity index (χ4v) is 3.33. The molecule has 2 heterocycles. The average Bonchev–Trinajstić information content (AvgIpc) is 2.66. The van der Waals surface area contributed by atoms with Gasteiger partial charge in [0.2, 0.25) is 5.91 Å². The Morgan fingerprint density at radius 1 is 1.07 bits per heavy atom. The van der Waals surface area contributed by atoms with Crippen molar-refractivity contribution in [2.45, 2.75) is 11.2 Å². The Kier molecular flexibility index (Phi) is 5.73. The number of alkyl halides is 3. The molecular formula is C17H18F3N5OS. The lowest BCUT2D eigenvalue weighted by Crippen LogP contribution is -2.47. The molecule has 0 saturated carbocycles. The number of halogens is 3. The first-order valence-corrected chi connectivity index (χ1v) is 9.23. The van der Waals surface area contributed by atoms with E-state index in [4.69, 9.17) is 5.73 Å². The van der Waals surface area contributed by atoms with E-state index in [1.54, 1.807) is 12.1 Å². The van der Waals surface area contributed by atoms with Gasteiger partial charge in [0.25, 0.3) is 0 Å². The van der Waals surface area contributed by atoms with Crippen molar-refractivity contribution in [3.63, 3.8) is 0 Å². The summed E-state index contributed by atoms with van der Waals surface area (Å²) in [5, 5.41) is 8.84. The molecule has 1 aromatic carbocycles. The molecular weight excluding hydrogens is 379 g/mol. The zero-order valence-electron chi connectivity index (χ0n) is 14.3. The van der Waals surface area contributed by atoms with Crippen molar-refractivity contribution >= 4 is 29.2 Å². The maximum atomic E-state index is 12.9. The number of primary amides is 1. The fraction of sp³-hybridized carbons (Fsp3) is 0.353. The van der Waals surface area contributed by atoms with Gasteiger partial charge in [-0.25, -0.2) is 0 Å². The number of hydrogen-bond acceptors (Lipinski definition) is 6. The van der Waals surface area contributed by atoms with Crippen molar-refractivity contribution in [2.24, 2.45) is 5.73 Å². The van der Waals surface area contributed by atoms with E-state index in [0.717, 1.165) is 6.07 Å². The largest absolute Gasteiger partial charge is 0.416 e. The number of anilines is 2. The number of aromatic nitrogens is 2. The third kappa shape index (κ3) is 5.03. The summed E-state index contributed by atoms with van der Waals surface area (Å²) in [5.74, 6) is 0.419. The van der Waals surface area contributed by atoms with E-state index >= 15 is 0 Å². The van der Waals surface area contributed by atoms with E-state index in [0.29, 0.717) is 42.7 Å². The molecule has 27 heavy (non-hydrogen) atoms. The fourth-order valence-electron chi connectivity index (χ4n) is 2.78. The summed E-state index contributed by atoms with van der Waals surface area (Å²) >= 11 is 1.22. The van der Waals surface area contributed by atoms with Crippen LogP contribution >= 0.6 is 11.8 Å². The van der Waals surface area contributed by atoms with Gasteiger partial charge in [-0.2, -0.15) is 13.2 Å². The van der Waals surface area contributed by atoms with Gasteiger partial charge in [0, 0.05) is 31.9 Å². The Labute approximate surface area is 158 Å². The van der Waals surface area contributed by atoms with Gasteiger partial charge in [-0.1, -0.05) is 17.8 Å². The zero-order chi connectivity index (χ0) is 19.4. The second kappa shape index (κ2) is 8.03. The molecule has 1 fully saturated rings. The minimum atomic E-state index is -4.35. The Morgan fingerprint density at radius 2 is 1.78 bits per heavy atom. The lowest BCUT2D eigenvalue weighted by Gasteiger charge is -2.36. The average molecular weight is 397 g/mol. The maximum absolute atomic E-state index is 12.9. The van der Waals surface area contributed by atoms with E-state index in [-0.39, 0.29) is 5.75 Å². The highest BCUT2D eigenvalue weighted by Crippen LogP contribution is 2.32. The minimum Gasteiger partial charge on any atom is -0.369 e. The number of amides is 1. The van der Waals surface area contributed by atoms with Gasteiger partial charge in [-0.15, -0.1) is 10.2 Å². The lowest BCUT2D eigenvalue weighted by molar-refractivity contribution is -0.137. The van der Waals surface area contributed by atoms with Gasteiger partial charge in [-0.05, 0) is 30.3 Å². The molecule has 144 valence electrons. The van der Waals surface area contributed by atoms with Gasteiger partial charge in [0.1, 0.15) is 5.03 Å². The van der Waals surface area contributed by atoms with Crippen LogP contribution in [0.5, 0.6) is 0 Å². The summed E-state index contributed by atoms with van der Waals surface area (Å²) in [6, 6.07) is 8.96. The number of carbonyl (C=O) groups excluding carboxylic acids is 1. The lowest BCUT2D eigenvalue weighted by atomic mass is 10.1. The molecule has 0 bridgehead atoms. The molecule has 0 atom stereocenters. The number of rotatable bonds is 5. The number of nitrogens with two attached hydrogens (primary N) is 1. The van der Waals surface area contributed by atoms with Crippen LogP contribution in [-0.2, 0) is 11.0 Å². The summed E-state index contributed by atoms with van der Waals surface area (Å²) in [6.07, 6.45) is -4.35. The molecule has 0 radical (unpaired) electrons. The molecule has 0 spiro atoms. The topological polar surface area (TPSA) is 75.4 Å². The molecule has 0 aliphatic carbocycles. The van der Waals surface area contributed by atoms with Crippen molar-refractivity contribution < 1.29 is 18.0 Å². The van der Waals surface area contributed by atoms with Gasteiger partial charge in [0.05, 0.1) is 11.3 Å². The van der Waals surface area contributed by atoms with Gasteiger partial charge in [0.15, 0.2) is 5.82 Å². The smallest absolute Gasteiger partial charge is 0.369 e. The van der Waals surface area contributed by atoms with Crippen LogP contribution in [0.4, 0.5) is 24.7 Å². The minimum absolute atomic E-state index is 0.143. The van der Waals surface area contributed by atoms with E-state index in [1.165, 1.54) is 23.9 Å². The monoisotopic (exact) mass is 397 g/mol. The molecule has 6 nitrogen and oxygen atoms in total. The number of piperazine rings is 1. The van der Waals surface area contributed by atoms with Gasteiger partial charge >= 0.3 is 6.18 Å². The summed E-state index contributed by atoms with van der Waals surface area (Å²) in [6.45, 7) is 2.42. The quantitative estimate of drug-likeness (QED) is 0.781. The predicted octanol–water partition coefficient (Wildman–Crippen LogP) is 2.40. The highest BCUT2D eigenvalue weighted by atomic mass is 32.2. The van der Waals surface area contributed by atoms with Gasteiger partial charge < -0.3 is 15.5 Å². The first-order chi connectivity index (χ1) is 12.8. The summed E-state index contributed by atoms with van der Waals surface area (Å²) in [4.78, 5) is 14.7. The predicted molar refractivity (Wildman–Crippen MR) is 97.8 cm³/mol. The third-order valence-electron chi connectivity index (χ3n) is 4.13. The number of hydrogen-bond donors (Lipinski definition) is 1. The second-order valence-corrected chi connectivity index (χ2v) is 7.00. The Balaban J connectivity index is 1.60. The zero-order valence-corrected chi connectivity index (χ0v) is 15.1. The van der Waals surface area contributed by atoms with E-state index < -0.39 is 17.6 Å². The number of carbonyl (C=O) groups is 1. The molecule has 1 saturated heterocycles. The molecule has 1 aliphatic heterocycles. The van der Waals surface area contributed by atoms with E-state index in [2.05, 4.69) is 10.2 Å². The third-order valence-corrected chi connectivity index (χ3v) is 5.07. The molecule has 2 N–H and O–H groups in total. The van der Waals surface area contributed by atoms with Crippen LogP contribution in [0.15, 0.2) is 41.4 Å². The number of nitrogens with zero attached hydrogens (tertiary/aromatic N) is 4. The summed E-state index contributed by atoms with van der Waals surface area (Å²) < 4.78 is 38.6. The number of benzene rings is 1. The Morgan fingerprint density at radius 3 is 2.37 bits per heavy atom. The normalized spacial score (nSPS) is 15.1. The van der Waals surface area contributed by atoms with Crippen LogP contribution in [0.3, 0.4) is 0 Å². The molecule has 3 rings (SSSR count). The van der Waals surface area contributed by atoms with Crippen LogP contribution < -0.4 is 15.5 Å². The first-order valence-electron chi connectivity index (χ1n) is 8.25. The van der Waals surface area contributed by atoms with Crippen molar-refractivity contribution in [2.75, 3.05) is 41.7 Å². The SMILES string of the molecule is NC(=O)CSc1ccc(N2CCN(c3cccc(C(F)(F)F)c3)CC2)nn1. The van der Waals surface area contributed by atoms with Crippen LogP contribution in [0.1, 0.15) is 5.56 Å². The van der Waals surface area contributed by atoms with Crippen LogP contribution in [0.25, 0.3) is 0 Å². The molecule has 0 unspecified atom stereocenters. The van der Waals surface area contributed by atoms with Crippen molar-refractivity contribution in [3.8, 4) is 0 Å². The Bertz CT molecular complexity index is 792. The molecule has 1 aliphatic rings. The van der Waals surface area contributed by atoms with Gasteiger partial charge in [-0.3, -0.25) is 4.79 Å². The van der Waals surface area contributed by atoms with Crippen molar-refractivity contribution in [3.05, 3.63) is 42.0 Å². The van der Waals surface area contributed by atoms with E-state index in [1.807, 2.05) is 15.9 Å². The molecule has 10 heteroatoms. The highest BCUT2D eigenvalue weighted by Gasteiger charge is 2.31. The summed E-state index contributed by atoms with van der Waals surface area (Å²) in [5.41, 5.74) is 5.02. The molecule has 1 aromatic heterocycles. The number of thioether (sulfide) groups is 1. The van der Waals surface area contributed by atoms with Crippen LogP contribution in [-0.4, -0.2) is 48.0 Å². The standard InChI is InChI=1S/C17H18F3N5OS/c18-17(19,20)12-2-1-3-13(10-12)24-6-8-25(9-7-24)15-4-5-16(23-22-15)27-11-14(21)26/h1-5,10H,6-9,11H2,(H2,21,26). The summed E-state index contributed by atoms with van der Waals surface area (Å²) in [7, 11) is 0.